The predicted molar refractivity (Wildman–Crippen MR) is 111 cm³/mol. The van der Waals surface area contributed by atoms with Crippen molar-refractivity contribution in [1.29, 1.82) is 0 Å². The fraction of sp³-hybridized carbons (Fsp3) is 0.150. The Balaban J connectivity index is 1.37. The van der Waals surface area contributed by atoms with Crippen molar-refractivity contribution < 1.29 is 19.1 Å². The number of nitrogens with one attached hydrogen (secondary N) is 1. The van der Waals surface area contributed by atoms with E-state index in [9.17, 15) is 14.4 Å². The lowest BCUT2D eigenvalue weighted by atomic mass is 10.1. The van der Waals surface area contributed by atoms with Gasteiger partial charge < -0.3 is 4.74 Å². The molecule has 3 aromatic rings. The minimum absolute atomic E-state index is 0.0172. The first-order chi connectivity index (χ1) is 14.4. The fourth-order valence-electron chi connectivity index (χ4n) is 2.86. The monoisotopic (exact) mass is 442 g/mol. The van der Waals surface area contributed by atoms with E-state index in [0.29, 0.717) is 26.9 Å². The number of imide groups is 1. The van der Waals surface area contributed by atoms with Crippen molar-refractivity contribution in [3.63, 3.8) is 0 Å². The van der Waals surface area contributed by atoms with Crippen LogP contribution in [0.3, 0.4) is 0 Å². The molecule has 4 rings (SSSR count). The highest BCUT2D eigenvalue weighted by Crippen LogP contribution is 2.26. The molecule has 10 heteroatoms. The van der Waals surface area contributed by atoms with Gasteiger partial charge in [-0.05, 0) is 43.3 Å². The Kier molecular flexibility index (Phi) is 5.47. The fourth-order valence-corrected chi connectivity index (χ4v) is 3.72. The van der Waals surface area contributed by atoms with Crippen molar-refractivity contribution in [2.75, 3.05) is 5.32 Å². The lowest BCUT2D eigenvalue weighted by Crippen LogP contribution is -2.30. The molecule has 30 heavy (non-hydrogen) atoms. The Labute approximate surface area is 180 Å². The third-order valence-electron chi connectivity index (χ3n) is 4.36. The number of aromatic nitrogens is 2. The zero-order valence-electron chi connectivity index (χ0n) is 15.7. The first-order valence-corrected chi connectivity index (χ1v) is 10.1. The number of amides is 3. The summed E-state index contributed by atoms with van der Waals surface area (Å²) in [6, 6.07) is 13.3. The summed E-state index contributed by atoms with van der Waals surface area (Å²) in [4.78, 5) is 38.4. The zero-order chi connectivity index (χ0) is 21.3. The third-order valence-corrected chi connectivity index (χ3v) is 5.44. The maximum atomic E-state index is 12.4. The lowest BCUT2D eigenvalue weighted by molar-refractivity contribution is -0.122. The molecule has 1 aliphatic rings. The molecular weight excluding hydrogens is 428 g/mol. The van der Waals surface area contributed by atoms with Crippen molar-refractivity contribution in [2.45, 2.75) is 19.6 Å². The van der Waals surface area contributed by atoms with Gasteiger partial charge in [0.2, 0.25) is 5.13 Å². The van der Waals surface area contributed by atoms with Crippen LogP contribution < -0.4 is 10.1 Å². The molecule has 1 aromatic heterocycles. The van der Waals surface area contributed by atoms with Crippen LogP contribution >= 0.6 is 22.9 Å². The first-order valence-electron chi connectivity index (χ1n) is 8.93. The average molecular weight is 443 g/mol. The normalized spacial score (nSPS) is 13.9. The van der Waals surface area contributed by atoms with Crippen LogP contribution in [0, 0.1) is 0 Å². The van der Waals surface area contributed by atoms with Gasteiger partial charge in [0.1, 0.15) is 10.8 Å². The third kappa shape index (κ3) is 4.03. The zero-order valence-corrected chi connectivity index (χ0v) is 17.2. The molecule has 0 fully saturated rings. The molecule has 0 saturated carbocycles. The molecule has 0 aliphatic carbocycles. The van der Waals surface area contributed by atoms with Crippen LogP contribution in [0.15, 0.2) is 48.5 Å². The summed E-state index contributed by atoms with van der Waals surface area (Å²) < 4.78 is 5.57. The van der Waals surface area contributed by atoms with E-state index >= 15 is 0 Å². The molecule has 1 N–H and O–H groups in total. The summed E-state index contributed by atoms with van der Waals surface area (Å²) in [5.41, 5.74) is 0.738. The molecule has 8 nitrogen and oxygen atoms in total. The van der Waals surface area contributed by atoms with E-state index in [1.807, 2.05) is 0 Å². The van der Waals surface area contributed by atoms with Crippen molar-refractivity contribution >= 4 is 45.8 Å². The summed E-state index contributed by atoms with van der Waals surface area (Å²) in [6.07, 6.45) is -0.783. The van der Waals surface area contributed by atoms with Gasteiger partial charge in [0.05, 0.1) is 17.7 Å². The number of nitrogens with zero attached hydrogens (tertiary/aromatic N) is 3. The summed E-state index contributed by atoms with van der Waals surface area (Å²) in [5.74, 6) is -0.651. The molecule has 0 spiro atoms. The van der Waals surface area contributed by atoms with Gasteiger partial charge in [0.25, 0.3) is 17.7 Å². The van der Waals surface area contributed by atoms with Crippen LogP contribution in [-0.4, -0.2) is 38.9 Å². The van der Waals surface area contributed by atoms with Crippen molar-refractivity contribution in [3.8, 4) is 5.75 Å². The second-order valence-corrected chi connectivity index (χ2v) is 7.94. The second kappa shape index (κ2) is 8.21. The number of benzene rings is 2. The summed E-state index contributed by atoms with van der Waals surface area (Å²) in [7, 11) is 0. The van der Waals surface area contributed by atoms with Crippen molar-refractivity contribution in [2.24, 2.45) is 0 Å². The quantitative estimate of drug-likeness (QED) is 0.587. The summed E-state index contributed by atoms with van der Waals surface area (Å²) in [5, 5.41) is 11.7. The van der Waals surface area contributed by atoms with Gasteiger partial charge in [-0.2, -0.15) is 0 Å². The van der Waals surface area contributed by atoms with Crippen LogP contribution in [-0.2, 0) is 11.3 Å². The van der Waals surface area contributed by atoms with Gasteiger partial charge in [0.15, 0.2) is 6.10 Å². The van der Waals surface area contributed by atoms with E-state index in [4.69, 9.17) is 16.3 Å². The molecule has 0 radical (unpaired) electrons. The van der Waals surface area contributed by atoms with E-state index in [2.05, 4.69) is 15.5 Å². The SMILES string of the molecule is CC(Oc1ccc(Cl)cc1)C(=O)Nc1nnc(CN2C(=O)c3ccccc3C2=O)s1. The number of ether oxygens (including phenoxy) is 1. The number of hydrogen-bond donors (Lipinski definition) is 1. The number of hydrogen-bond acceptors (Lipinski definition) is 7. The Morgan fingerprint density at radius 3 is 2.37 bits per heavy atom. The van der Waals surface area contributed by atoms with E-state index in [1.54, 1.807) is 55.5 Å². The minimum atomic E-state index is -0.783. The summed E-state index contributed by atoms with van der Waals surface area (Å²) in [6.45, 7) is 1.58. The number of halogens is 1. The number of carbonyl (C=O) groups excluding carboxylic acids is 3. The minimum Gasteiger partial charge on any atom is -0.481 e. The van der Waals surface area contributed by atoms with E-state index in [-0.39, 0.29) is 23.5 Å². The van der Waals surface area contributed by atoms with Crippen LogP contribution in [0.4, 0.5) is 5.13 Å². The Morgan fingerprint density at radius 2 is 1.73 bits per heavy atom. The number of rotatable bonds is 6. The smallest absolute Gasteiger partial charge is 0.266 e. The molecule has 3 amide bonds. The first kappa shape index (κ1) is 20.0. The van der Waals surface area contributed by atoms with E-state index < -0.39 is 12.0 Å². The van der Waals surface area contributed by atoms with Gasteiger partial charge in [0, 0.05) is 5.02 Å². The Morgan fingerprint density at radius 1 is 1.10 bits per heavy atom. The Bertz CT molecular complexity index is 1100. The van der Waals surface area contributed by atoms with Crippen LogP contribution in [0.25, 0.3) is 0 Å². The van der Waals surface area contributed by atoms with E-state index in [1.165, 1.54) is 0 Å². The average Bonchev–Trinajstić information content (AvgIpc) is 3.28. The van der Waals surface area contributed by atoms with Crippen LogP contribution in [0.2, 0.25) is 5.02 Å². The van der Waals surface area contributed by atoms with Crippen LogP contribution in [0.1, 0.15) is 32.6 Å². The second-order valence-electron chi connectivity index (χ2n) is 6.45. The maximum absolute atomic E-state index is 12.4. The highest BCUT2D eigenvalue weighted by atomic mass is 35.5. The lowest BCUT2D eigenvalue weighted by Gasteiger charge is -2.13. The van der Waals surface area contributed by atoms with Gasteiger partial charge in [-0.1, -0.05) is 35.1 Å². The number of fused-ring (bicyclic) bond motifs is 1. The molecule has 0 saturated heterocycles. The molecule has 1 aliphatic heterocycles. The molecular formula is C20H15ClN4O4S. The topological polar surface area (TPSA) is 101 Å². The van der Waals surface area contributed by atoms with Crippen molar-refractivity contribution in [1.82, 2.24) is 15.1 Å². The molecule has 2 heterocycles. The van der Waals surface area contributed by atoms with Gasteiger partial charge >= 0.3 is 0 Å². The van der Waals surface area contributed by atoms with Gasteiger partial charge in [-0.25, -0.2) is 0 Å². The van der Waals surface area contributed by atoms with Crippen LogP contribution in [0.5, 0.6) is 5.75 Å². The molecule has 2 aromatic carbocycles. The van der Waals surface area contributed by atoms with Gasteiger partial charge in [-0.15, -0.1) is 10.2 Å². The largest absolute Gasteiger partial charge is 0.481 e. The van der Waals surface area contributed by atoms with Crippen molar-refractivity contribution in [3.05, 3.63) is 69.7 Å². The number of carbonyl (C=O) groups is 3. The predicted octanol–water partition coefficient (Wildman–Crippen LogP) is 3.39. The van der Waals surface area contributed by atoms with Gasteiger partial charge in [-0.3, -0.25) is 24.6 Å². The van der Waals surface area contributed by atoms with E-state index in [0.717, 1.165) is 16.2 Å². The highest BCUT2D eigenvalue weighted by Gasteiger charge is 2.35. The number of anilines is 1. The summed E-state index contributed by atoms with van der Waals surface area (Å²) >= 11 is 6.91. The standard InChI is InChI=1S/C20H15ClN4O4S/c1-11(29-13-8-6-12(21)7-9-13)17(26)22-20-24-23-16(30-20)10-25-18(27)14-4-2-3-5-15(14)19(25)28/h2-9,11H,10H2,1H3,(H,22,24,26). The maximum Gasteiger partial charge on any atom is 0.266 e. The molecule has 0 bridgehead atoms. The Hall–Kier alpha value is -3.30. The highest BCUT2D eigenvalue weighted by molar-refractivity contribution is 7.15. The molecule has 152 valence electrons. The molecule has 1 unspecified atom stereocenters. The molecule has 1 atom stereocenters.